The summed E-state index contributed by atoms with van der Waals surface area (Å²) in [6, 6.07) is 10.9. The molecule has 0 heterocycles. The molecule has 0 bridgehead atoms. The van der Waals surface area contributed by atoms with E-state index in [0.717, 1.165) is 5.56 Å². The minimum absolute atomic E-state index is 0.110. The van der Waals surface area contributed by atoms with Gasteiger partial charge in [0.1, 0.15) is 6.61 Å². The number of carbonyl (C=O) groups is 1. The van der Waals surface area contributed by atoms with Gasteiger partial charge < -0.3 is 16.2 Å². The monoisotopic (exact) mass is 260 g/mol. The zero-order valence-corrected chi connectivity index (χ0v) is 10.1. The second-order valence-corrected chi connectivity index (χ2v) is 4.04. The lowest BCUT2D eigenvalue weighted by atomic mass is 10.1. The van der Waals surface area contributed by atoms with Crippen molar-refractivity contribution in [2.45, 2.75) is 6.61 Å². The average molecular weight is 260 g/mol. The number of anilines is 1. The topological polar surface area (TPSA) is 78.3 Å². The van der Waals surface area contributed by atoms with Crippen LogP contribution in [0.1, 0.15) is 15.9 Å². The Morgan fingerprint density at radius 3 is 2.68 bits per heavy atom. The van der Waals surface area contributed by atoms with E-state index in [0.29, 0.717) is 11.3 Å². The van der Waals surface area contributed by atoms with Crippen LogP contribution in [-0.4, -0.2) is 5.91 Å². The molecule has 0 atom stereocenters. The normalized spacial score (nSPS) is 10.2. The molecule has 0 aliphatic rings. The number of ether oxygens (including phenoxy) is 1. The number of rotatable bonds is 4. The number of amides is 1. The summed E-state index contributed by atoms with van der Waals surface area (Å²) in [7, 11) is 0. The fourth-order valence-corrected chi connectivity index (χ4v) is 1.61. The van der Waals surface area contributed by atoms with Gasteiger partial charge in [0.2, 0.25) is 5.91 Å². The summed E-state index contributed by atoms with van der Waals surface area (Å²) in [4.78, 5) is 11.0. The van der Waals surface area contributed by atoms with Crippen molar-refractivity contribution in [3.63, 3.8) is 0 Å². The Morgan fingerprint density at radius 1 is 1.21 bits per heavy atom. The maximum Gasteiger partial charge on any atom is 0.248 e. The molecule has 5 heteroatoms. The Kier molecular flexibility index (Phi) is 3.66. The first-order valence-corrected chi connectivity index (χ1v) is 5.63. The van der Waals surface area contributed by atoms with E-state index in [1.807, 2.05) is 0 Å². The highest BCUT2D eigenvalue weighted by Crippen LogP contribution is 2.20. The van der Waals surface area contributed by atoms with E-state index < -0.39 is 11.7 Å². The SMILES string of the molecule is NC(=O)c1cccc(COc2ccc(N)cc2F)c1. The van der Waals surface area contributed by atoms with E-state index in [1.165, 1.54) is 12.1 Å². The van der Waals surface area contributed by atoms with Crippen LogP contribution in [0.3, 0.4) is 0 Å². The van der Waals surface area contributed by atoms with Gasteiger partial charge in [-0.25, -0.2) is 4.39 Å². The van der Waals surface area contributed by atoms with E-state index in [2.05, 4.69) is 0 Å². The van der Waals surface area contributed by atoms with Gasteiger partial charge in [-0.15, -0.1) is 0 Å². The molecule has 19 heavy (non-hydrogen) atoms. The Balaban J connectivity index is 2.10. The molecule has 0 aliphatic heterocycles. The summed E-state index contributed by atoms with van der Waals surface area (Å²) in [6.07, 6.45) is 0. The second-order valence-electron chi connectivity index (χ2n) is 4.04. The minimum atomic E-state index is -0.522. The van der Waals surface area contributed by atoms with Gasteiger partial charge >= 0.3 is 0 Å². The maximum atomic E-state index is 13.5. The van der Waals surface area contributed by atoms with E-state index in [4.69, 9.17) is 16.2 Å². The van der Waals surface area contributed by atoms with Crippen LogP contribution < -0.4 is 16.2 Å². The van der Waals surface area contributed by atoms with E-state index >= 15 is 0 Å². The van der Waals surface area contributed by atoms with Crippen LogP contribution in [0.2, 0.25) is 0 Å². The lowest BCUT2D eigenvalue weighted by Gasteiger charge is -2.08. The summed E-state index contributed by atoms with van der Waals surface area (Å²) in [5.74, 6) is -0.926. The van der Waals surface area contributed by atoms with Gasteiger partial charge in [-0.2, -0.15) is 0 Å². The van der Waals surface area contributed by atoms with Gasteiger partial charge in [0.05, 0.1) is 0 Å². The fourth-order valence-electron chi connectivity index (χ4n) is 1.61. The molecule has 4 N–H and O–H groups in total. The van der Waals surface area contributed by atoms with Crippen LogP contribution in [0.25, 0.3) is 0 Å². The number of hydrogen-bond acceptors (Lipinski definition) is 3. The van der Waals surface area contributed by atoms with Crippen molar-refractivity contribution in [3.8, 4) is 5.75 Å². The molecular formula is C14H13FN2O2. The predicted octanol–water partition coefficient (Wildman–Crippen LogP) is 2.09. The molecule has 2 rings (SSSR count). The molecule has 4 nitrogen and oxygen atoms in total. The molecule has 98 valence electrons. The molecule has 0 radical (unpaired) electrons. The fraction of sp³-hybridized carbons (Fsp3) is 0.0714. The van der Waals surface area contributed by atoms with Crippen LogP contribution in [0.4, 0.5) is 10.1 Å². The van der Waals surface area contributed by atoms with Gasteiger partial charge in [0.15, 0.2) is 11.6 Å². The second kappa shape index (κ2) is 5.39. The van der Waals surface area contributed by atoms with Crippen molar-refractivity contribution in [1.29, 1.82) is 0 Å². The summed E-state index contributed by atoms with van der Waals surface area (Å²) in [5, 5.41) is 0. The van der Waals surface area contributed by atoms with Crippen molar-refractivity contribution >= 4 is 11.6 Å². The first-order chi connectivity index (χ1) is 9.06. The van der Waals surface area contributed by atoms with E-state index in [1.54, 1.807) is 30.3 Å². The molecule has 2 aromatic rings. The quantitative estimate of drug-likeness (QED) is 0.826. The van der Waals surface area contributed by atoms with Crippen LogP contribution in [0.15, 0.2) is 42.5 Å². The molecule has 0 unspecified atom stereocenters. The molecule has 1 amide bonds. The smallest absolute Gasteiger partial charge is 0.248 e. The van der Waals surface area contributed by atoms with Crippen molar-refractivity contribution in [3.05, 3.63) is 59.4 Å². The lowest BCUT2D eigenvalue weighted by Crippen LogP contribution is -2.11. The third-order valence-corrected chi connectivity index (χ3v) is 2.56. The standard InChI is InChI=1S/C14H13FN2O2/c15-12-7-11(16)4-5-13(12)19-8-9-2-1-3-10(6-9)14(17)18/h1-7H,8,16H2,(H2,17,18). The molecule has 0 saturated heterocycles. The van der Waals surface area contributed by atoms with Crippen molar-refractivity contribution in [2.24, 2.45) is 5.73 Å². The highest BCUT2D eigenvalue weighted by atomic mass is 19.1. The number of benzene rings is 2. The third kappa shape index (κ3) is 3.22. The molecule has 0 fully saturated rings. The van der Waals surface area contributed by atoms with Crippen molar-refractivity contribution in [2.75, 3.05) is 5.73 Å². The van der Waals surface area contributed by atoms with Gasteiger partial charge in [-0.3, -0.25) is 4.79 Å². The number of halogens is 1. The minimum Gasteiger partial charge on any atom is -0.486 e. The van der Waals surface area contributed by atoms with Crippen LogP contribution in [0.5, 0.6) is 5.75 Å². The molecule has 0 aliphatic carbocycles. The summed E-state index contributed by atoms with van der Waals surface area (Å²) >= 11 is 0. The maximum absolute atomic E-state index is 13.5. The molecular weight excluding hydrogens is 247 g/mol. The number of nitrogen functional groups attached to an aromatic ring is 1. The van der Waals surface area contributed by atoms with Crippen LogP contribution in [-0.2, 0) is 6.61 Å². The van der Waals surface area contributed by atoms with Crippen molar-refractivity contribution in [1.82, 2.24) is 0 Å². The third-order valence-electron chi connectivity index (χ3n) is 2.56. The molecule has 0 saturated carbocycles. The van der Waals surface area contributed by atoms with Crippen LogP contribution >= 0.6 is 0 Å². The number of nitrogens with two attached hydrogens (primary N) is 2. The number of primary amides is 1. The Labute approximate surface area is 109 Å². The van der Waals surface area contributed by atoms with Crippen LogP contribution in [0, 0.1) is 5.82 Å². The Bertz CT molecular complexity index is 614. The number of hydrogen-bond donors (Lipinski definition) is 2. The Morgan fingerprint density at radius 2 is 2.00 bits per heavy atom. The summed E-state index contributed by atoms with van der Waals surface area (Å²) < 4.78 is 18.8. The first kappa shape index (κ1) is 12.9. The van der Waals surface area contributed by atoms with Crippen molar-refractivity contribution < 1.29 is 13.9 Å². The zero-order valence-electron chi connectivity index (χ0n) is 10.1. The van der Waals surface area contributed by atoms with Gasteiger partial charge in [-0.05, 0) is 29.8 Å². The molecule has 2 aromatic carbocycles. The zero-order chi connectivity index (χ0) is 13.8. The van der Waals surface area contributed by atoms with Gasteiger partial charge in [-0.1, -0.05) is 12.1 Å². The molecule has 0 aromatic heterocycles. The largest absolute Gasteiger partial charge is 0.486 e. The van der Waals surface area contributed by atoms with E-state index in [-0.39, 0.29) is 12.4 Å². The summed E-state index contributed by atoms with van der Waals surface area (Å²) in [6.45, 7) is 0.141. The number of carbonyl (C=O) groups excluding carboxylic acids is 1. The van der Waals surface area contributed by atoms with E-state index in [9.17, 15) is 9.18 Å². The predicted molar refractivity (Wildman–Crippen MR) is 70.1 cm³/mol. The highest BCUT2D eigenvalue weighted by molar-refractivity contribution is 5.92. The Hall–Kier alpha value is -2.56. The van der Waals surface area contributed by atoms with Gasteiger partial charge in [0, 0.05) is 17.3 Å². The molecule has 0 spiro atoms. The average Bonchev–Trinajstić information content (AvgIpc) is 2.38. The highest BCUT2D eigenvalue weighted by Gasteiger charge is 2.05. The summed E-state index contributed by atoms with van der Waals surface area (Å²) in [5.41, 5.74) is 12.1. The first-order valence-electron chi connectivity index (χ1n) is 5.63. The van der Waals surface area contributed by atoms with Gasteiger partial charge in [0.25, 0.3) is 0 Å². The lowest BCUT2D eigenvalue weighted by molar-refractivity contribution is 0.1000.